The van der Waals surface area contributed by atoms with Gasteiger partial charge in [-0.05, 0) is 44.4 Å². The molecule has 3 aliphatic heterocycles. The number of amides is 2. The molecule has 0 radical (unpaired) electrons. The molecule has 2 saturated heterocycles. The summed E-state index contributed by atoms with van der Waals surface area (Å²) in [6, 6.07) is 6.17. The van der Waals surface area contributed by atoms with Gasteiger partial charge in [0, 0.05) is 45.8 Å². The number of likely N-dealkylation sites (N-methyl/N-ethyl adjacent to an activating group) is 1. The van der Waals surface area contributed by atoms with Crippen LogP contribution in [0.5, 0.6) is 11.5 Å². The van der Waals surface area contributed by atoms with Crippen LogP contribution in [0, 0.1) is 0 Å². The number of piperazine rings is 1. The second-order valence-corrected chi connectivity index (χ2v) is 8.77. The molecule has 1 aromatic rings. The van der Waals surface area contributed by atoms with E-state index in [2.05, 4.69) is 15.9 Å². The Hall–Kier alpha value is -2.32. The Kier molecular flexibility index (Phi) is 7.52. The molecule has 0 aromatic heterocycles. The summed E-state index contributed by atoms with van der Waals surface area (Å²) >= 11 is 0. The number of ether oxygens (including phenoxy) is 2. The molecule has 1 atom stereocenters. The molecular weight excluding hydrogens is 408 g/mol. The van der Waals surface area contributed by atoms with Crippen LogP contribution in [0.25, 0.3) is 0 Å². The van der Waals surface area contributed by atoms with Gasteiger partial charge in [0.05, 0.1) is 19.1 Å². The third-order valence-electron chi connectivity index (χ3n) is 6.82. The van der Waals surface area contributed by atoms with E-state index in [-0.39, 0.29) is 17.9 Å². The van der Waals surface area contributed by atoms with Crippen molar-refractivity contribution in [2.45, 2.75) is 32.7 Å². The highest BCUT2D eigenvalue weighted by Crippen LogP contribution is 2.38. The van der Waals surface area contributed by atoms with E-state index in [0.29, 0.717) is 26.3 Å². The number of hydrogen-bond acceptors (Lipinski definition) is 6. The quantitative estimate of drug-likeness (QED) is 0.637. The van der Waals surface area contributed by atoms with Crippen LogP contribution < -0.4 is 9.47 Å². The fourth-order valence-electron chi connectivity index (χ4n) is 4.93. The van der Waals surface area contributed by atoms with E-state index in [1.807, 2.05) is 35.8 Å². The number of fused-ring (bicyclic) bond motifs is 1. The zero-order valence-corrected chi connectivity index (χ0v) is 19.4. The molecule has 0 saturated carbocycles. The van der Waals surface area contributed by atoms with Crippen molar-refractivity contribution in [3.05, 3.63) is 23.8 Å². The van der Waals surface area contributed by atoms with Crippen molar-refractivity contribution >= 4 is 11.8 Å². The first kappa shape index (κ1) is 22.9. The summed E-state index contributed by atoms with van der Waals surface area (Å²) in [5.74, 6) is 1.95. The molecular formula is C24H36N4O4. The summed E-state index contributed by atoms with van der Waals surface area (Å²) in [6.45, 7) is 11.7. The largest absolute Gasteiger partial charge is 0.486 e. The highest BCUT2D eigenvalue weighted by Gasteiger charge is 2.32. The summed E-state index contributed by atoms with van der Waals surface area (Å²) in [6.07, 6.45) is 2.00. The lowest BCUT2D eigenvalue weighted by atomic mass is 10.0. The maximum absolute atomic E-state index is 13.2. The van der Waals surface area contributed by atoms with Gasteiger partial charge < -0.3 is 19.3 Å². The minimum absolute atomic E-state index is 0.103. The van der Waals surface area contributed by atoms with Gasteiger partial charge in [-0.2, -0.15) is 0 Å². The summed E-state index contributed by atoms with van der Waals surface area (Å²) in [5.41, 5.74) is 1.12. The van der Waals surface area contributed by atoms with Gasteiger partial charge in [0.15, 0.2) is 11.5 Å². The number of nitrogens with zero attached hydrogens (tertiary/aromatic N) is 4. The maximum atomic E-state index is 13.2. The van der Waals surface area contributed by atoms with Gasteiger partial charge in [-0.1, -0.05) is 6.07 Å². The summed E-state index contributed by atoms with van der Waals surface area (Å²) in [4.78, 5) is 33.9. The number of hydrogen-bond donors (Lipinski definition) is 0. The van der Waals surface area contributed by atoms with Crippen molar-refractivity contribution in [2.75, 3.05) is 72.1 Å². The van der Waals surface area contributed by atoms with Gasteiger partial charge in [-0.15, -0.1) is 0 Å². The van der Waals surface area contributed by atoms with E-state index in [1.165, 1.54) is 0 Å². The van der Waals surface area contributed by atoms with Crippen molar-refractivity contribution in [3.8, 4) is 11.5 Å². The molecule has 1 unspecified atom stereocenters. The third-order valence-corrected chi connectivity index (χ3v) is 6.82. The van der Waals surface area contributed by atoms with Crippen molar-refractivity contribution < 1.29 is 19.1 Å². The van der Waals surface area contributed by atoms with Gasteiger partial charge in [-0.3, -0.25) is 19.4 Å². The molecule has 0 N–H and O–H groups in total. The molecule has 0 bridgehead atoms. The van der Waals surface area contributed by atoms with Crippen LogP contribution >= 0.6 is 0 Å². The van der Waals surface area contributed by atoms with Gasteiger partial charge in [0.25, 0.3) is 0 Å². The van der Waals surface area contributed by atoms with Crippen LogP contribution in [0.2, 0.25) is 0 Å². The van der Waals surface area contributed by atoms with E-state index in [4.69, 9.17) is 9.47 Å². The smallest absolute Gasteiger partial charge is 0.237 e. The SMILES string of the molecule is CCN(CC)C(=O)CN1CCN(CC(=O)N2CCCC2c2ccc3c(c2)OCCO3)CC1. The molecule has 2 fully saturated rings. The first-order chi connectivity index (χ1) is 15.6. The first-order valence-electron chi connectivity index (χ1n) is 12.0. The second kappa shape index (κ2) is 10.5. The Morgan fingerprint density at radius 1 is 0.938 bits per heavy atom. The fraction of sp³-hybridized carbons (Fsp3) is 0.667. The maximum Gasteiger partial charge on any atom is 0.237 e. The normalized spacial score (nSPS) is 21.6. The van der Waals surface area contributed by atoms with E-state index in [1.54, 1.807) is 0 Å². The van der Waals surface area contributed by atoms with Crippen molar-refractivity contribution in [1.82, 2.24) is 19.6 Å². The Balaban J connectivity index is 1.29. The second-order valence-electron chi connectivity index (χ2n) is 8.77. The van der Waals surface area contributed by atoms with Gasteiger partial charge in [0.2, 0.25) is 11.8 Å². The van der Waals surface area contributed by atoms with Crippen LogP contribution in [-0.4, -0.2) is 104 Å². The molecule has 3 heterocycles. The minimum atomic E-state index is 0.103. The molecule has 176 valence electrons. The van der Waals surface area contributed by atoms with Crippen LogP contribution in [0.3, 0.4) is 0 Å². The average molecular weight is 445 g/mol. The summed E-state index contributed by atoms with van der Waals surface area (Å²) in [7, 11) is 0. The molecule has 4 rings (SSSR count). The predicted octanol–water partition coefficient (Wildman–Crippen LogP) is 1.61. The van der Waals surface area contributed by atoms with Crippen LogP contribution in [0.4, 0.5) is 0 Å². The van der Waals surface area contributed by atoms with Crippen molar-refractivity contribution in [2.24, 2.45) is 0 Å². The Bertz CT molecular complexity index is 805. The lowest BCUT2D eigenvalue weighted by molar-refractivity contribution is -0.135. The van der Waals surface area contributed by atoms with E-state index >= 15 is 0 Å². The zero-order valence-electron chi connectivity index (χ0n) is 19.4. The monoisotopic (exact) mass is 444 g/mol. The number of likely N-dealkylation sites (tertiary alicyclic amines) is 1. The van der Waals surface area contributed by atoms with Gasteiger partial charge in [-0.25, -0.2) is 0 Å². The first-order valence-corrected chi connectivity index (χ1v) is 12.0. The summed E-state index contributed by atoms with van der Waals surface area (Å²) < 4.78 is 11.4. The highest BCUT2D eigenvalue weighted by molar-refractivity contribution is 5.79. The number of benzene rings is 1. The molecule has 1 aromatic carbocycles. The standard InChI is InChI=1S/C24H36N4O4/c1-3-27(4-2)23(29)17-25-10-12-26(13-11-25)18-24(30)28-9-5-6-20(28)19-7-8-21-22(16-19)32-15-14-31-21/h7-8,16,20H,3-6,9-15,17-18H2,1-2H3. The minimum Gasteiger partial charge on any atom is -0.486 e. The Labute approximate surface area is 191 Å². The number of rotatable bonds is 7. The van der Waals surface area contributed by atoms with E-state index < -0.39 is 0 Å². The zero-order chi connectivity index (χ0) is 22.5. The third kappa shape index (κ3) is 5.18. The lowest BCUT2D eigenvalue weighted by Crippen LogP contribution is -2.52. The van der Waals surface area contributed by atoms with Crippen LogP contribution in [0.15, 0.2) is 18.2 Å². The number of carbonyl (C=O) groups excluding carboxylic acids is 2. The Morgan fingerprint density at radius 3 is 2.28 bits per heavy atom. The topological polar surface area (TPSA) is 65.6 Å². The molecule has 0 spiro atoms. The van der Waals surface area contributed by atoms with Gasteiger partial charge >= 0.3 is 0 Å². The fourth-order valence-corrected chi connectivity index (χ4v) is 4.93. The van der Waals surface area contributed by atoms with E-state index in [9.17, 15) is 9.59 Å². The predicted molar refractivity (Wildman–Crippen MR) is 122 cm³/mol. The lowest BCUT2D eigenvalue weighted by Gasteiger charge is -2.36. The van der Waals surface area contributed by atoms with Crippen LogP contribution in [-0.2, 0) is 9.59 Å². The molecule has 0 aliphatic carbocycles. The molecule has 8 heteroatoms. The van der Waals surface area contributed by atoms with Crippen molar-refractivity contribution in [1.29, 1.82) is 0 Å². The molecule has 8 nitrogen and oxygen atoms in total. The molecule has 32 heavy (non-hydrogen) atoms. The van der Waals surface area contributed by atoms with E-state index in [0.717, 1.165) is 75.7 Å². The van der Waals surface area contributed by atoms with Crippen LogP contribution in [0.1, 0.15) is 38.3 Å². The van der Waals surface area contributed by atoms with Gasteiger partial charge in [0.1, 0.15) is 13.2 Å². The van der Waals surface area contributed by atoms with Crippen molar-refractivity contribution in [3.63, 3.8) is 0 Å². The number of carbonyl (C=O) groups is 2. The average Bonchev–Trinajstić information content (AvgIpc) is 3.31. The molecule has 2 amide bonds. The summed E-state index contributed by atoms with van der Waals surface area (Å²) in [5, 5.41) is 0. The molecule has 3 aliphatic rings. The Morgan fingerprint density at radius 2 is 1.59 bits per heavy atom. The highest BCUT2D eigenvalue weighted by atomic mass is 16.6.